The summed E-state index contributed by atoms with van der Waals surface area (Å²) in [5.41, 5.74) is 0.953. The van der Waals surface area contributed by atoms with Crippen molar-refractivity contribution in [1.29, 1.82) is 0 Å². The molecule has 1 aliphatic heterocycles. The monoisotopic (exact) mass is 362 g/mol. The molecule has 1 N–H and O–H groups in total. The van der Waals surface area contributed by atoms with E-state index in [-0.39, 0.29) is 35.1 Å². The maximum atomic E-state index is 12.3. The molecule has 0 bridgehead atoms. The molecule has 5 nitrogen and oxygen atoms in total. The highest BCUT2D eigenvalue weighted by atomic mass is 35.5. The fourth-order valence-corrected chi connectivity index (χ4v) is 2.86. The number of hydrogen-bond acceptors (Lipinski definition) is 3. The Morgan fingerprint density at radius 1 is 1.00 bits per heavy atom. The summed E-state index contributed by atoms with van der Waals surface area (Å²) in [6.45, 7) is 0.215. The quantitative estimate of drug-likeness (QED) is 0.850. The van der Waals surface area contributed by atoms with Gasteiger partial charge in [-0.05, 0) is 36.4 Å². The van der Waals surface area contributed by atoms with Gasteiger partial charge in [0, 0.05) is 23.7 Å². The van der Waals surface area contributed by atoms with Crippen LogP contribution in [0.4, 0.5) is 0 Å². The predicted octanol–water partition coefficient (Wildman–Crippen LogP) is 3.02. The van der Waals surface area contributed by atoms with Crippen molar-refractivity contribution in [3.05, 3.63) is 69.2 Å². The number of halogens is 2. The van der Waals surface area contributed by atoms with Crippen molar-refractivity contribution in [3.63, 3.8) is 0 Å². The zero-order valence-corrected chi connectivity index (χ0v) is 13.9. The van der Waals surface area contributed by atoms with Crippen LogP contribution in [-0.4, -0.2) is 35.7 Å². The van der Waals surface area contributed by atoms with Gasteiger partial charge in [-0.3, -0.25) is 19.3 Å². The molecule has 0 spiro atoms. The summed E-state index contributed by atoms with van der Waals surface area (Å²) in [5, 5.41) is 3.45. The molecule has 1 aliphatic rings. The molecule has 0 atom stereocenters. The van der Waals surface area contributed by atoms with Crippen LogP contribution in [0.25, 0.3) is 0 Å². The second-order valence-corrected chi connectivity index (χ2v) is 6.03. The number of nitrogens with zero attached hydrogens (tertiary/aromatic N) is 1. The van der Waals surface area contributed by atoms with Gasteiger partial charge in [0.2, 0.25) is 0 Å². The molecule has 0 unspecified atom stereocenters. The molecule has 0 aromatic heterocycles. The summed E-state index contributed by atoms with van der Waals surface area (Å²) >= 11 is 11.8. The molecule has 3 amide bonds. The van der Waals surface area contributed by atoms with E-state index in [2.05, 4.69) is 5.32 Å². The fraction of sp³-hybridized carbons (Fsp3) is 0.118. The summed E-state index contributed by atoms with van der Waals surface area (Å²) in [5.74, 6) is -1.15. The lowest BCUT2D eigenvalue weighted by molar-refractivity contribution is 0.0650. The highest BCUT2D eigenvalue weighted by Crippen LogP contribution is 2.28. The van der Waals surface area contributed by atoms with E-state index in [1.54, 1.807) is 42.5 Å². The van der Waals surface area contributed by atoms with Crippen molar-refractivity contribution in [2.45, 2.75) is 0 Å². The third kappa shape index (κ3) is 3.00. The van der Waals surface area contributed by atoms with Gasteiger partial charge in [0.15, 0.2) is 0 Å². The van der Waals surface area contributed by atoms with E-state index in [0.717, 1.165) is 4.90 Å². The van der Waals surface area contributed by atoms with Crippen molar-refractivity contribution in [3.8, 4) is 0 Å². The lowest BCUT2D eigenvalue weighted by Crippen LogP contribution is -2.38. The van der Waals surface area contributed by atoms with Crippen LogP contribution >= 0.6 is 23.2 Å². The van der Waals surface area contributed by atoms with E-state index in [0.29, 0.717) is 10.6 Å². The zero-order valence-electron chi connectivity index (χ0n) is 12.4. The van der Waals surface area contributed by atoms with E-state index in [1.165, 1.54) is 0 Å². The third-order valence-electron chi connectivity index (χ3n) is 3.68. The maximum Gasteiger partial charge on any atom is 0.263 e. The molecule has 122 valence electrons. The number of carbonyl (C=O) groups is 3. The lowest BCUT2D eigenvalue weighted by Gasteiger charge is -2.14. The summed E-state index contributed by atoms with van der Waals surface area (Å²) < 4.78 is 0. The molecule has 24 heavy (non-hydrogen) atoms. The second kappa shape index (κ2) is 6.63. The standard InChI is InChI=1S/C17H12Cl2N2O3/c18-11-6-4-10(5-7-11)15(22)20-8-9-21-16(23)12-2-1-3-13(19)14(12)17(21)24/h1-7H,8-9H2,(H,20,22). The minimum absolute atomic E-state index is 0.0714. The number of amides is 3. The van der Waals surface area contributed by atoms with Gasteiger partial charge in [-0.25, -0.2) is 0 Å². The number of benzene rings is 2. The van der Waals surface area contributed by atoms with E-state index in [9.17, 15) is 14.4 Å². The molecular weight excluding hydrogens is 351 g/mol. The van der Waals surface area contributed by atoms with Crippen molar-refractivity contribution >= 4 is 40.9 Å². The van der Waals surface area contributed by atoms with Crippen LogP contribution in [0.5, 0.6) is 0 Å². The minimum atomic E-state index is -0.443. The summed E-state index contributed by atoms with van der Waals surface area (Å²) in [4.78, 5) is 37.6. The van der Waals surface area contributed by atoms with E-state index >= 15 is 0 Å². The number of nitrogens with one attached hydrogen (secondary N) is 1. The Balaban J connectivity index is 1.63. The maximum absolute atomic E-state index is 12.3. The Hall–Kier alpha value is -2.37. The molecule has 1 heterocycles. The average molecular weight is 363 g/mol. The van der Waals surface area contributed by atoms with E-state index in [4.69, 9.17) is 23.2 Å². The van der Waals surface area contributed by atoms with Crippen LogP contribution < -0.4 is 5.32 Å². The predicted molar refractivity (Wildman–Crippen MR) is 90.6 cm³/mol. The molecule has 0 aliphatic carbocycles. The Kier molecular flexibility index (Phi) is 4.55. The Morgan fingerprint density at radius 3 is 2.38 bits per heavy atom. The summed E-state index contributed by atoms with van der Waals surface area (Å²) in [6, 6.07) is 11.2. The van der Waals surface area contributed by atoms with Gasteiger partial charge in [0.1, 0.15) is 0 Å². The first-order valence-electron chi connectivity index (χ1n) is 7.17. The molecule has 2 aromatic carbocycles. The van der Waals surface area contributed by atoms with Crippen LogP contribution in [0.3, 0.4) is 0 Å². The molecule has 7 heteroatoms. The first-order chi connectivity index (χ1) is 11.5. The third-order valence-corrected chi connectivity index (χ3v) is 4.24. The number of rotatable bonds is 4. The van der Waals surface area contributed by atoms with Crippen LogP contribution in [0.1, 0.15) is 31.1 Å². The van der Waals surface area contributed by atoms with Crippen LogP contribution in [0, 0.1) is 0 Å². The Bertz CT molecular complexity index is 834. The van der Waals surface area contributed by atoms with Crippen molar-refractivity contribution < 1.29 is 14.4 Å². The first kappa shape index (κ1) is 16.5. The molecule has 0 radical (unpaired) electrons. The van der Waals surface area contributed by atoms with E-state index in [1.807, 2.05) is 0 Å². The number of carbonyl (C=O) groups excluding carboxylic acids is 3. The lowest BCUT2D eigenvalue weighted by atomic mass is 10.1. The smallest absolute Gasteiger partial charge is 0.263 e. The van der Waals surface area contributed by atoms with Gasteiger partial charge in [0.25, 0.3) is 17.7 Å². The zero-order chi connectivity index (χ0) is 17.3. The van der Waals surface area contributed by atoms with Crippen molar-refractivity contribution in [2.75, 3.05) is 13.1 Å². The molecule has 3 rings (SSSR count). The normalized spacial score (nSPS) is 13.2. The van der Waals surface area contributed by atoms with E-state index < -0.39 is 11.8 Å². The Morgan fingerprint density at radius 2 is 1.71 bits per heavy atom. The van der Waals surface area contributed by atoms with Crippen LogP contribution in [-0.2, 0) is 0 Å². The molecule has 2 aromatic rings. The average Bonchev–Trinajstić information content (AvgIpc) is 2.81. The van der Waals surface area contributed by atoms with Gasteiger partial charge in [-0.2, -0.15) is 0 Å². The van der Waals surface area contributed by atoms with Crippen molar-refractivity contribution in [2.24, 2.45) is 0 Å². The first-order valence-corrected chi connectivity index (χ1v) is 7.93. The minimum Gasteiger partial charge on any atom is -0.350 e. The van der Waals surface area contributed by atoms with Crippen LogP contribution in [0.2, 0.25) is 10.0 Å². The highest BCUT2D eigenvalue weighted by Gasteiger charge is 2.36. The van der Waals surface area contributed by atoms with Crippen LogP contribution in [0.15, 0.2) is 42.5 Å². The SMILES string of the molecule is O=C(NCCN1C(=O)c2cccc(Cl)c2C1=O)c1ccc(Cl)cc1. The van der Waals surface area contributed by atoms with Gasteiger partial charge in [-0.1, -0.05) is 29.3 Å². The molecule has 0 saturated heterocycles. The molecule has 0 saturated carbocycles. The number of fused-ring (bicyclic) bond motifs is 1. The summed E-state index contributed by atoms with van der Waals surface area (Å²) in [6.07, 6.45) is 0. The highest BCUT2D eigenvalue weighted by molar-refractivity contribution is 6.37. The van der Waals surface area contributed by atoms with Gasteiger partial charge >= 0.3 is 0 Å². The number of hydrogen-bond donors (Lipinski definition) is 1. The fourth-order valence-electron chi connectivity index (χ4n) is 2.48. The molecule has 0 fully saturated rings. The number of imide groups is 1. The largest absolute Gasteiger partial charge is 0.350 e. The second-order valence-electron chi connectivity index (χ2n) is 5.19. The van der Waals surface area contributed by atoms with Gasteiger partial charge in [-0.15, -0.1) is 0 Å². The Labute approximate surface area is 148 Å². The molecular formula is C17H12Cl2N2O3. The summed E-state index contributed by atoms with van der Waals surface area (Å²) in [7, 11) is 0. The van der Waals surface area contributed by atoms with Gasteiger partial charge < -0.3 is 5.32 Å². The topological polar surface area (TPSA) is 66.5 Å². The van der Waals surface area contributed by atoms with Crippen molar-refractivity contribution in [1.82, 2.24) is 10.2 Å². The van der Waals surface area contributed by atoms with Gasteiger partial charge in [0.05, 0.1) is 16.1 Å².